The van der Waals surface area contributed by atoms with E-state index in [4.69, 9.17) is 0 Å². The van der Waals surface area contributed by atoms with Gasteiger partial charge < -0.3 is 10.2 Å². The van der Waals surface area contributed by atoms with Gasteiger partial charge in [-0.15, -0.1) is 0 Å². The molecule has 1 aliphatic heterocycles. The second-order valence-electron chi connectivity index (χ2n) is 3.66. The lowest BCUT2D eigenvalue weighted by molar-refractivity contribution is -0.119. The molecule has 1 aliphatic rings. The van der Waals surface area contributed by atoms with Gasteiger partial charge in [0.2, 0.25) is 5.91 Å². The second kappa shape index (κ2) is 3.33. The van der Waals surface area contributed by atoms with Gasteiger partial charge in [0.25, 0.3) is 0 Å². The van der Waals surface area contributed by atoms with Crippen LogP contribution in [0.15, 0.2) is 24.3 Å². The molecule has 1 atom stereocenters. The molecule has 1 heterocycles. The molecule has 1 aromatic carbocycles. The highest BCUT2D eigenvalue weighted by Crippen LogP contribution is 2.28. The molecule has 0 aromatic heterocycles. The fourth-order valence-corrected chi connectivity index (χ4v) is 1.92. The van der Waals surface area contributed by atoms with E-state index in [1.807, 2.05) is 19.2 Å². The van der Waals surface area contributed by atoms with Gasteiger partial charge in [-0.25, -0.2) is 0 Å². The largest absolute Gasteiger partial charge is 0.354 e. The van der Waals surface area contributed by atoms with Crippen LogP contribution < -0.4 is 10.2 Å². The minimum absolute atomic E-state index is 0.0228. The summed E-state index contributed by atoms with van der Waals surface area (Å²) in [5, 5.41) is 2.93. The molecular weight excluding hydrogens is 176 g/mol. The maximum Gasteiger partial charge on any atom is 0.218 e. The summed E-state index contributed by atoms with van der Waals surface area (Å²) in [6.45, 7) is 1.55. The van der Waals surface area contributed by atoms with Crippen molar-refractivity contribution >= 4 is 11.6 Å². The van der Waals surface area contributed by atoms with Crippen molar-refractivity contribution in [3.05, 3.63) is 29.8 Å². The van der Waals surface area contributed by atoms with E-state index >= 15 is 0 Å². The van der Waals surface area contributed by atoms with Crippen LogP contribution in [0.5, 0.6) is 0 Å². The molecule has 1 N–H and O–H groups in total. The lowest BCUT2D eigenvalue weighted by atomic mass is 10.1. The van der Waals surface area contributed by atoms with Gasteiger partial charge in [0.15, 0.2) is 0 Å². The van der Waals surface area contributed by atoms with Crippen molar-refractivity contribution in [2.45, 2.75) is 19.5 Å². The first-order chi connectivity index (χ1) is 6.68. The van der Waals surface area contributed by atoms with Crippen molar-refractivity contribution in [1.29, 1.82) is 0 Å². The molecule has 0 fully saturated rings. The molecule has 14 heavy (non-hydrogen) atoms. The number of carbonyl (C=O) groups is 1. The van der Waals surface area contributed by atoms with Crippen LogP contribution in [0.1, 0.15) is 12.5 Å². The lowest BCUT2D eigenvalue weighted by Gasteiger charge is -2.22. The van der Waals surface area contributed by atoms with Crippen LogP contribution in [0.2, 0.25) is 0 Å². The summed E-state index contributed by atoms with van der Waals surface area (Å²) in [4.78, 5) is 13.1. The molecule has 0 bridgehead atoms. The van der Waals surface area contributed by atoms with Gasteiger partial charge in [-0.05, 0) is 11.6 Å². The number of carbonyl (C=O) groups excluding carboxylic acids is 1. The fraction of sp³-hybridized carbons (Fsp3) is 0.364. The number of para-hydroxylation sites is 1. The highest BCUT2D eigenvalue weighted by atomic mass is 16.1. The molecule has 0 aliphatic carbocycles. The number of fused-ring (bicyclic) bond motifs is 1. The lowest BCUT2D eigenvalue weighted by Crippen LogP contribution is -2.43. The van der Waals surface area contributed by atoms with Crippen molar-refractivity contribution in [3.63, 3.8) is 0 Å². The molecule has 1 amide bonds. The van der Waals surface area contributed by atoms with Crippen molar-refractivity contribution in [3.8, 4) is 0 Å². The van der Waals surface area contributed by atoms with Gasteiger partial charge in [-0.3, -0.25) is 4.79 Å². The smallest absolute Gasteiger partial charge is 0.218 e. The normalized spacial score (nSPS) is 19.3. The Bertz CT molecular complexity index is 362. The van der Waals surface area contributed by atoms with E-state index in [-0.39, 0.29) is 12.1 Å². The van der Waals surface area contributed by atoms with Gasteiger partial charge in [-0.1, -0.05) is 18.2 Å². The van der Waals surface area contributed by atoms with E-state index in [0.29, 0.717) is 0 Å². The Hall–Kier alpha value is -1.51. The molecular formula is C11H14N2O. The Balaban J connectivity index is 2.21. The average Bonchev–Trinajstić information content (AvgIpc) is 2.44. The van der Waals surface area contributed by atoms with Crippen molar-refractivity contribution in [1.82, 2.24) is 5.32 Å². The summed E-state index contributed by atoms with van der Waals surface area (Å²) in [5.74, 6) is 0.0228. The van der Waals surface area contributed by atoms with E-state index < -0.39 is 0 Å². The monoisotopic (exact) mass is 190 g/mol. The first-order valence-corrected chi connectivity index (χ1v) is 4.76. The van der Waals surface area contributed by atoms with Crippen molar-refractivity contribution in [2.75, 3.05) is 11.9 Å². The molecule has 3 nitrogen and oxygen atoms in total. The number of rotatable bonds is 1. The summed E-state index contributed by atoms with van der Waals surface area (Å²) in [6.07, 6.45) is 1.01. The maximum atomic E-state index is 11.0. The van der Waals surface area contributed by atoms with E-state index in [2.05, 4.69) is 22.3 Å². The minimum Gasteiger partial charge on any atom is -0.354 e. The van der Waals surface area contributed by atoms with Crippen molar-refractivity contribution < 1.29 is 4.79 Å². The zero-order chi connectivity index (χ0) is 10.1. The van der Waals surface area contributed by atoms with Gasteiger partial charge in [0.1, 0.15) is 6.17 Å². The van der Waals surface area contributed by atoms with Gasteiger partial charge in [0.05, 0.1) is 0 Å². The molecule has 1 aromatic rings. The number of hydrogen-bond donors (Lipinski definition) is 1. The molecule has 1 unspecified atom stereocenters. The second-order valence-corrected chi connectivity index (χ2v) is 3.66. The fourth-order valence-electron chi connectivity index (χ4n) is 1.92. The Labute approximate surface area is 83.7 Å². The van der Waals surface area contributed by atoms with E-state index in [0.717, 1.165) is 6.42 Å². The maximum absolute atomic E-state index is 11.0. The van der Waals surface area contributed by atoms with Crippen LogP contribution in [0, 0.1) is 0 Å². The minimum atomic E-state index is 0.0228. The Morgan fingerprint density at radius 2 is 2.21 bits per heavy atom. The molecule has 0 radical (unpaired) electrons. The van der Waals surface area contributed by atoms with E-state index in [1.54, 1.807) is 6.92 Å². The van der Waals surface area contributed by atoms with E-state index in [1.165, 1.54) is 11.3 Å². The van der Waals surface area contributed by atoms with Crippen LogP contribution in [-0.2, 0) is 11.2 Å². The van der Waals surface area contributed by atoms with Gasteiger partial charge in [-0.2, -0.15) is 0 Å². The number of benzene rings is 1. The summed E-state index contributed by atoms with van der Waals surface area (Å²) in [6, 6.07) is 8.24. The number of nitrogens with zero attached hydrogens (tertiary/aromatic N) is 1. The molecule has 2 rings (SSSR count). The quantitative estimate of drug-likeness (QED) is 0.720. The van der Waals surface area contributed by atoms with Crippen LogP contribution in [0.25, 0.3) is 0 Å². The predicted octanol–water partition coefficient (Wildman–Crippen LogP) is 1.14. The van der Waals surface area contributed by atoms with Gasteiger partial charge >= 0.3 is 0 Å². The van der Waals surface area contributed by atoms with Crippen LogP contribution in [0.4, 0.5) is 5.69 Å². The summed E-state index contributed by atoms with van der Waals surface area (Å²) >= 11 is 0. The zero-order valence-corrected chi connectivity index (χ0v) is 8.45. The van der Waals surface area contributed by atoms with Crippen LogP contribution in [0.3, 0.4) is 0 Å². The molecule has 74 valence electrons. The molecule has 3 heteroatoms. The molecule has 0 spiro atoms. The standard InChI is InChI=1S/C11H14N2O/c1-8(14)12-11-7-9-5-3-4-6-10(9)13(11)2/h3-6,11H,7H2,1-2H3,(H,12,14). The van der Waals surface area contributed by atoms with Crippen molar-refractivity contribution in [2.24, 2.45) is 0 Å². The number of nitrogens with one attached hydrogen (secondary N) is 1. The average molecular weight is 190 g/mol. The summed E-state index contributed by atoms with van der Waals surface area (Å²) in [7, 11) is 2.01. The van der Waals surface area contributed by atoms with E-state index in [9.17, 15) is 4.79 Å². The topological polar surface area (TPSA) is 32.3 Å². The molecule has 0 saturated carbocycles. The number of hydrogen-bond acceptors (Lipinski definition) is 2. The number of likely N-dealkylation sites (N-methyl/N-ethyl adjacent to an activating group) is 1. The van der Waals surface area contributed by atoms with Gasteiger partial charge in [0, 0.05) is 26.1 Å². The third kappa shape index (κ3) is 1.45. The third-order valence-electron chi connectivity index (χ3n) is 2.62. The van der Waals surface area contributed by atoms with Crippen LogP contribution >= 0.6 is 0 Å². The third-order valence-corrected chi connectivity index (χ3v) is 2.62. The first kappa shape index (κ1) is 9.06. The Morgan fingerprint density at radius 1 is 1.50 bits per heavy atom. The summed E-state index contributed by atoms with van der Waals surface area (Å²) < 4.78 is 0. The SMILES string of the molecule is CC(=O)NC1Cc2ccccc2N1C. The Morgan fingerprint density at radius 3 is 2.86 bits per heavy atom. The summed E-state index contributed by atoms with van der Waals surface area (Å²) in [5.41, 5.74) is 2.51. The highest BCUT2D eigenvalue weighted by Gasteiger charge is 2.25. The first-order valence-electron chi connectivity index (χ1n) is 4.76. The highest BCUT2D eigenvalue weighted by molar-refractivity contribution is 5.74. The zero-order valence-electron chi connectivity index (χ0n) is 8.45. The predicted molar refractivity (Wildman–Crippen MR) is 56.2 cm³/mol. The Kier molecular flexibility index (Phi) is 2.15. The number of amides is 1. The number of anilines is 1. The van der Waals surface area contributed by atoms with Crippen LogP contribution in [-0.4, -0.2) is 19.1 Å². The molecule has 0 saturated heterocycles.